The number of aromatic amines is 1. The summed E-state index contributed by atoms with van der Waals surface area (Å²) in [6.07, 6.45) is 2.04. The maximum Gasteiger partial charge on any atom is 0.280 e. The van der Waals surface area contributed by atoms with Crippen molar-refractivity contribution in [2.45, 2.75) is 31.1 Å². The molecule has 0 saturated carbocycles. The van der Waals surface area contributed by atoms with Crippen LogP contribution < -0.4 is 21.3 Å². The first-order chi connectivity index (χ1) is 19.0. The average Bonchev–Trinajstić information content (AvgIpc) is 3.67. The van der Waals surface area contributed by atoms with Gasteiger partial charge in [-0.3, -0.25) is 14.3 Å². The Bertz CT molecular complexity index is 1640. The Labute approximate surface area is 219 Å². The smallest absolute Gasteiger partial charge is 0.280 e. The van der Waals surface area contributed by atoms with Crippen LogP contribution in [0.2, 0.25) is 0 Å². The zero-order valence-electron chi connectivity index (χ0n) is 20.3. The lowest BCUT2D eigenvalue weighted by molar-refractivity contribution is -0.0342. The first kappa shape index (κ1) is 24.6. The van der Waals surface area contributed by atoms with Gasteiger partial charge in [0, 0.05) is 31.5 Å². The molecule has 1 aliphatic rings. The van der Waals surface area contributed by atoms with Crippen LogP contribution in [0.1, 0.15) is 11.8 Å². The summed E-state index contributed by atoms with van der Waals surface area (Å²) in [5, 5.41) is 28.6. The highest BCUT2D eigenvalue weighted by Gasteiger charge is 2.44. The fraction of sp³-hybridized carbons (Fsp3) is 0.250. The Balaban J connectivity index is 1.05. The quantitative estimate of drug-likeness (QED) is 0.177. The van der Waals surface area contributed by atoms with Gasteiger partial charge in [0.2, 0.25) is 11.8 Å². The number of H-pyrrole nitrogens is 1. The number of imidazole rings is 1. The van der Waals surface area contributed by atoms with Gasteiger partial charge in [0.05, 0.1) is 6.33 Å². The molecule has 1 aromatic carbocycles. The number of aliphatic hydroxyl groups excluding tert-OH is 2. The van der Waals surface area contributed by atoms with Gasteiger partial charge in [-0.25, -0.2) is 19.6 Å². The molecule has 1 fully saturated rings. The molecule has 0 radical (unpaired) electrons. The second kappa shape index (κ2) is 10.2. The van der Waals surface area contributed by atoms with Crippen LogP contribution >= 0.6 is 0 Å². The monoisotopic (exact) mass is 532 g/mol. The summed E-state index contributed by atoms with van der Waals surface area (Å²) in [7, 11) is 0. The number of hydrogen-bond donors (Lipinski definition) is 5. The molecule has 4 aromatic heterocycles. The van der Waals surface area contributed by atoms with Crippen LogP contribution in [0.4, 0.5) is 5.95 Å². The summed E-state index contributed by atoms with van der Waals surface area (Å²) < 4.78 is 14.8. The molecule has 15 heteroatoms. The van der Waals surface area contributed by atoms with Gasteiger partial charge in [-0.2, -0.15) is 10.1 Å². The second-order valence-electron chi connectivity index (χ2n) is 8.86. The third-order valence-corrected chi connectivity index (χ3v) is 6.25. The van der Waals surface area contributed by atoms with Crippen LogP contribution in [-0.4, -0.2) is 74.3 Å². The van der Waals surface area contributed by atoms with Crippen LogP contribution in [0.3, 0.4) is 0 Å². The number of fused-ring (bicyclic) bond motifs is 1. The number of nitrogens with zero attached hydrogens (tertiary/aromatic N) is 7. The Kier molecular flexibility index (Phi) is 6.45. The molecule has 1 saturated heterocycles. The van der Waals surface area contributed by atoms with E-state index in [9.17, 15) is 15.0 Å². The van der Waals surface area contributed by atoms with Crippen LogP contribution in [0, 0.1) is 0 Å². The number of hydrogen-bond acceptors (Lipinski definition) is 12. The predicted octanol–water partition coefficient (Wildman–Crippen LogP) is -0.121. The van der Waals surface area contributed by atoms with Gasteiger partial charge in [0.1, 0.15) is 30.4 Å². The van der Waals surface area contributed by atoms with Crippen molar-refractivity contribution < 1.29 is 19.7 Å². The van der Waals surface area contributed by atoms with Crippen LogP contribution in [-0.2, 0) is 11.3 Å². The van der Waals surface area contributed by atoms with Gasteiger partial charge in [-0.05, 0) is 23.8 Å². The molecule has 6 N–H and O–H groups in total. The van der Waals surface area contributed by atoms with Crippen molar-refractivity contribution in [2.24, 2.45) is 0 Å². The zero-order valence-corrected chi connectivity index (χ0v) is 20.3. The van der Waals surface area contributed by atoms with E-state index in [1.165, 1.54) is 17.2 Å². The van der Waals surface area contributed by atoms with E-state index in [0.717, 1.165) is 5.56 Å². The summed E-state index contributed by atoms with van der Waals surface area (Å²) in [6.45, 7) is 0.735. The molecule has 0 amide bonds. The first-order valence-corrected chi connectivity index (χ1v) is 12.0. The van der Waals surface area contributed by atoms with Crippen molar-refractivity contribution in [1.82, 2.24) is 44.6 Å². The summed E-state index contributed by atoms with van der Waals surface area (Å²) in [6, 6.07) is 10.9. The zero-order chi connectivity index (χ0) is 26.9. The predicted molar refractivity (Wildman–Crippen MR) is 136 cm³/mol. The lowest BCUT2D eigenvalue weighted by Gasteiger charge is -2.16. The maximum absolute atomic E-state index is 12.1. The highest BCUT2D eigenvalue weighted by atomic mass is 16.6. The lowest BCUT2D eigenvalue weighted by Crippen LogP contribution is -2.37. The highest BCUT2D eigenvalue weighted by Crippen LogP contribution is 2.31. The Hall–Kier alpha value is -4.70. The number of benzene rings is 1. The van der Waals surface area contributed by atoms with Crippen LogP contribution in [0.5, 0.6) is 11.6 Å². The van der Waals surface area contributed by atoms with E-state index in [0.29, 0.717) is 24.0 Å². The number of anilines is 1. The fourth-order valence-corrected chi connectivity index (χ4v) is 4.33. The minimum Gasteiger partial charge on any atom is -0.439 e. The Morgan fingerprint density at radius 3 is 2.79 bits per heavy atom. The van der Waals surface area contributed by atoms with Crippen LogP contribution in [0.25, 0.3) is 17.0 Å². The molecule has 0 unspecified atom stereocenters. The number of nitrogens with one attached hydrogen (secondary N) is 2. The molecule has 0 bridgehead atoms. The number of aromatic nitrogens is 8. The number of aliphatic hydroxyl groups is 2. The van der Waals surface area contributed by atoms with Crippen molar-refractivity contribution >= 4 is 17.1 Å². The molecule has 0 spiro atoms. The lowest BCUT2D eigenvalue weighted by atomic mass is 10.1. The van der Waals surface area contributed by atoms with Gasteiger partial charge < -0.3 is 30.7 Å². The van der Waals surface area contributed by atoms with Gasteiger partial charge in [-0.1, -0.05) is 12.1 Å². The average molecular weight is 533 g/mol. The van der Waals surface area contributed by atoms with Crippen molar-refractivity contribution in [1.29, 1.82) is 0 Å². The van der Waals surface area contributed by atoms with E-state index in [4.69, 9.17) is 15.2 Å². The summed E-state index contributed by atoms with van der Waals surface area (Å²) in [5.41, 5.74) is 6.32. The summed E-state index contributed by atoms with van der Waals surface area (Å²) in [4.78, 5) is 30.9. The van der Waals surface area contributed by atoms with Gasteiger partial charge in [-0.15, -0.1) is 0 Å². The van der Waals surface area contributed by atoms with E-state index in [2.05, 4.69) is 35.3 Å². The third-order valence-electron chi connectivity index (χ3n) is 6.25. The van der Waals surface area contributed by atoms with Gasteiger partial charge in [0.25, 0.3) is 5.56 Å². The molecule has 6 rings (SSSR count). The number of ether oxygens (including phenoxy) is 2. The molecular weight excluding hydrogens is 508 g/mol. The number of nitrogens with two attached hydrogens (primary N) is 1. The Morgan fingerprint density at radius 2 is 2.00 bits per heavy atom. The molecule has 5 heterocycles. The second-order valence-corrected chi connectivity index (χ2v) is 8.86. The topological polar surface area (TPSA) is 204 Å². The van der Waals surface area contributed by atoms with Gasteiger partial charge in [0.15, 0.2) is 23.2 Å². The molecule has 39 heavy (non-hydrogen) atoms. The molecule has 15 nitrogen and oxygen atoms in total. The van der Waals surface area contributed by atoms with Crippen molar-refractivity contribution in [3.63, 3.8) is 0 Å². The van der Waals surface area contributed by atoms with E-state index in [-0.39, 0.29) is 23.7 Å². The van der Waals surface area contributed by atoms with E-state index in [1.807, 2.05) is 24.3 Å². The molecular formula is C24H24N10O5. The Morgan fingerprint density at radius 1 is 1.15 bits per heavy atom. The van der Waals surface area contributed by atoms with Crippen molar-refractivity contribution in [3.05, 3.63) is 77.4 Å². The normalized spacial score (nSPS) is 21.0. The maximum atomic E-state index is 12.1. The van der Waals surface area contributed by atoms with E-state index < -0.39 is 30.1 Å². The minimum atomic E-state index is -1.26. The van der Waals surface area contributed by atoms with E-state index in [1.54, 1.807) is 29.2 Å². The standard InChI is InChI=1S/C24H24N10O5/c25-24-31-21-18(22(37)32-24)29-12-33(21)23-20(36)19(35)15(39-23)10-26-9-13-2-4-14(5-3-13)38-17-8-16(27-11-28-17)34-7-1-6-30-34/h1-8,11-12,15,19-20,23,26,35-36H,9-10H2,(H3,25,31,32,37)/t15-,19-,20-,23-/m1/s1. The minimum absolute atomic E-state index is 0.0570. The third kappa shape index (κ3) is 4.94. The number of nitrogen functional groups attached to an aromatic ring is 1. The van der Waals surface area contributed by atoms with E-state index >= 15 is 0 Å². The fourth-order valence-electron chi connectivity index (χ4n) is 4.33. The molecule has 1 aliphatic heterocycles. The SMILES string of the molecule is Nc1nc2c(ncn2[C@@H]2O[C@H](CNCc3ccc(Oc4cc(-n5cccn5)ncn4)cc3)[C@@H](O)[C@H]2O)c(=O)[nH]1. The van der Waals surface area contributed by atoms with Crippen LogP contribution in [0.15, 0.2) is 66.2 Å². The molecule has 200 valence electrons. The molecule has 4 atom stereocenters. The summed E-state index contributed by atoms with van der Waals surface area (Å²) >= 11 is 0. The largest absolute Gasteiger partial charge is 0.439 e. The van der Waals surface area contributed by atoms with Crippen molar-refractivity contribution in [3.8, 4) is 17.4 Å². The summed E-state index contributed by atoms with van der Waals surface area (Å²) in [5.74, 6) is 1.48. The first-order valence-electron chi connectivity index (χ1n) is 12.0. The van der Waals surface area contributed by atoms with Gasteiger partial charge >= 0.3 is 0 Å². The number of rotatable bonds is 8. The molecule has 0 aliphatic carbocycles. The highest BCUT2D eigenvalue weighted by molar-refractivity contribution is 5.70. The molecule has 5 aromatic rings. The van der Waals surface area contributed by atoms with Crippen molar-refractivity contribution in [2.75, 3.05) is 12.3 Å².